The molecule has 0 atom stereocenters. The van der Waals surface area contributed by atoms with Gasteiger partial charge in [-0.1, -0.05) is 47.6 Å². The second-order valence-corrected chi connectivity index (χ2v) is 6.20. The molecule has 0 aliphatic heterocycles. The lowest BCUT2D eigenvalue weighted by Gasteiger charge is -2.08. The van der Waals surface area contributed by atoms with E-state index in [1.807, 2.05) is 30.3 Å². The minimum Gasteiger partial charge on any atom is -0.352 e. The van der Waals surface area contributed by atoms with Gasteiger partial charge in [-0.25, -0.2) is 0 Å². The number of hydrogen-bond donors (Lipinski definition) is 1. The summed E-state index contributed by atoms with van der Waals surface area (Å²) >= 11 is 0. The number of rotatable bonds is 7. The number of amides is 1. The van der Waals surface area contributed by atoms with Crippen molar-refractivity contribution in [3.8, 4) is 11.4 Å². The van der Waals surface area contributed by atoms with Crippen molar-refractivity contribution in [2.24, 2.45) is 0 Å². The summed E-state index contributed by atoms with van der Waals surface area (Å²) in [6.07, 6.45) is -3.12. The Balaban J connectivity index is 1.41. The fraction of sp³-hybridized carbons (Fsp3) is 0.250. The number of carbonyl (C=O) groups is 1. The first-order valence-electron chi connectivity index (χ1n) is 8.72. The average Bonchev–Trinajstić information content (AvgIpc) is 3.16. The monoisotopic (exact) mass is 389 g/mol. The molecular formula is C20H18F3N3O2. The second-order valence-electron chi connectivity index (χ2n) is 6.20. The fourth-order valence-corrected chi connectivity index (χ4v) is 2.56. The van der Waals surface area contributed by atoms with Gasteiger partial charge >= 0.3 is 6.18 Å². The van der Waals surface area contributed by atoms with Crippen LogP contribution in [-0.4, -0.2) is 16.0 Å². The average molecular weight is 389 g/mol. The molecule has 0 saturated carbocycles. The fourth-order valence-electron chi connectivity index (χ4n) is 2.56. The van der Waals surface area contributed by atoms with E-state index in [4.69, 9.17) is 4.52 Å². The third-order valence-corrected chi connectivity index (χ3v) is 4.07. The van der Waals surface area contributed by atoms with Crippen molar-refractivity contribution in [2.45, 2.75) is 32.0 Å². The number of carbonyl (C=O) groups excluding carboxylic acids is 1. The summed E-state index contributed by atoms with van der Waals surface area (Å²) in [5.41, 5.74) is 0.745. The van der Waals surface area contributed by atoms with Gasteiger partial charge in [0.25, 0.3) is 0 Å². The van der Waals surface area contributed by atoms with E-state index in [0.717, 1.165) is 17.7 Å². The molecule has 5 nitrogen and oxygen atoms in total. The van der Waals surface area contributed by atoms with Gasteiger partial charge in [0.05, 0.1) is 5.56 Å². The molecular weight excluding hydrogens is 371 g/mol. The van der Waals surface area contributed by atoms with E-state index in [0.29, 0.717) is 30.1 Å². The van der Waals surface area contributed by atoms with Gasteiger partial charge in [0.15, 0.2) is 0 Å². The summed E-state index contributed by atoms with van der Waals surface area (Å²) in [5.74, 6) is 0.763. The van der Waals surface area contributed by atoms with E-state index in [-0.39, 0.29) is 18.9 Å². The van der Waals surface area contributed by atoms with Crippen LogP contribution in [0.25, 0.3) is 11.4 Å². The minimum atomic E-state index is -4.36. The number of hydrogen-bond acceptors (Lipinski definition) is 4. The van der Waals surface area contributed by atoms with Gasteiger partial charge in [-0.2, -0.15) is 18.2 Å². The molecule has 1 heterocycles. The number of benzene rings is 2. The maximum atomic E-state index is 12.5. The Labute approximate surface area is 159 Å². The van der Waals surface area contributed by atoms with E-state index in [2.05, 4.69) is 15.5 Å². The summed E-state index contributed by atoms with van der Waals surface area (Å²) in [4.78, 5) is 16.2. The van der Waals surface area contributed by atoms with Gasteiger partial charge in [0, 0.05) is 24.9 Å². The third kappa shape index (κ3) is 5.42. The Morgan fingerprint density at radius 1 is 1.04 bits per heavy atom. The normalized spacial score (nSPS) is 11.4. The lowest BCUT2D eigenvalue weighted by Crippen LogP contribution is -2.22. The summed E-state index contributed by atoms with van der Waals surface area (Å²) in [6.45, 7) is 0.176. The standard InChI is InChI=1S/C20H18F3N3O2/c21-20(22,23)16-11-9-14(10-12-16)13-24-17(27)7-4-8-18-25-19(26-28-18)15-5-2-1-3-6-15/h1-3,5-6,9-12H,4,7-8,13H2,(H,24,27). The summed E-state index contributed by atoms with van der Waals surface area (Å²) in [6, 6.07) is 14.1. The van der Waals surface area contributed by atoms with Crippen LogP contribution < -0.4 is 5.32 Å². The number of alkyl halides is 3. The molecule has 0 radical (unpaired) electrons. The van der Waals surface area contributed by atoms with E-state index >= 15 is 0 Å². The van der Waals surface area contributed by atoms with Crippen LogP contribution in [0.5, 0.6) is 0 Å². The van der Waals surface area contributed by atoms with Gasteiger partial charge in [-0.05, 0) is 24.1 Å². The SMILES string of the molecule is O=C(CCCc1nc(-c2ccccc2)no1)NCc1ccc(C(F)(F)F)cc1. The zero-order valence-corrected chi connectivity index (χ0v) is 14.9. The van der Waals surface area contributed by atoms with E-state index in [1.54, 1.807) is 0 Å². The lowest BCUT2D eigenvalue weighted by molar-refractivity contribution is -0.137. The maximum absolute atomic E-state index is 12.5. The Morgan fingerprint density at radius 2 is 1.75 bits per heavy atom. The summed E-state index contributed by atoms with van der Waals surface area (Å²) in [5, 5.41) is 6.61. The summed E-state index contributed by atoms with van der Waals surface area (Å²) in [7, 11) is 0. The predicted molar refractivity (Wildman–Crippen MR) is 96.0 cm³/mol. The highest BCUT2D eigenvalue weighted by Crippen LogP contribution is 2.29. The molecule has 146 valence electrons. The molecule has 0 spiro atoms. The van der Waals surface area contributed by atoms with Gasteiger partial charge < -0.3 is 9.84 Å². The van der Waals surface area contributed by atoms with E-state index in [9.17, 15) is 18.0 Å². The zero-order valence-electron chi connectivity index (χ0n) is 14.9. The molecule has 0 fully saturated rings. The Morgan fingerprint density at radius 3 is 2.43 bits per heavy atom. The summed E-state index contributed by atoms with van der Waals surface area (Å²) < 4.78 is 42.8. The van der Waals surface area contributed by atoms with Crippen molar-refractivity contribution >= 4 is 5.91 Å². The van der Waals surface area contributed by atoms with Gasteiger partial charge in [0.1, 0.15) is 0 Å². The molecule has 0 aliphatic carbocycles. The molecule has 3 rings (SSSR count). The Hall–Kier alpha value is -3.16. The molecule has 0 saturated heterocycles. The Bertz CT molecular complexity index is 906. The van der Waals surface area contributed by atoms with E-state index in [1.165, 1.54) is 12.1 Å². The lowest BCUT2D eigenvalue weighted by atomic mass is 10.1. The first kappa shape index (κ1) is 19.6. The van der Waals surface area contributed by atoms with Crippen LogP contribution >= 0.6 is 0 Å². The molecule has 8 heteroatoms. The second kappa shape index (κ2) is 8.69. The van der Waals surface area contributed by atoms with Gasteiger partial charge in [-0.3, -0.25) is 4.79 Å². The predicted octanol–water partition coefficient (Wildman–Crippen LogP) is 4.39. The first-order chi connectivity index (χ1) is 13.4. The van der Waals surface area contributed by atoms with Crippen molar-refractivity contribution in [2.75, 3.05) is 0 Å². The molecule has 1 N–H and O–H groups in total. The van der Waals surface area contributed by atoms with Crippen LogP contribution in [0, 0.1) is 0 Å². The third-order valence-electron chi connectivity index (χ3n) is 4.07. The van der Waals surface area contributed by atoms with Crippen molar-refractivity contribution < 1.29 is 22.5 Å². The minimum absolute atomic E-state index is 0.176. The molecule has 1 amide bonds. The Kier molecular flexibility index (Phi) is 6.08. The zero-order chi connectivity index (χ0) is 20.0. The van der Waals surface area contributed by atoms with Crippen LogP contribution in [0.1, 0.15) is 29.9 Å². The number of aryl methyl sites for hydroxylation is 1. The van der Waals surface area contributed by atoms with Crippen LogP contribution in [0.3, 0.4) is 0 Å². The number of aromatic nitrogens is 2. The molecule has 0 unspecified atom stereocenters. The molecule has 3 aromatic rings. The smallest absolute Gasteiger partial charge is 0.352 e. The van der Waals surface area contributed by atoms with Crippen LogP contribution in [0.2, 0.25) is 0 Å². The number of nitrogens with one attached hydrogen (secondary N) is 1. The van der Waals surface area contributed by atoms with Crippen LogP contribution in [0.4, 0.5) is 13.2 Å². The quantitative estimate of drug-likeness (QED) is 0.651. The highest BCUT2D eigenvalue weighted by molar-refractivity contribution is 5.75. The first-order valence-corrected chi connectivity index (χ1v) is 8.72. The van der Waals surface area contributed by atoms with Gasteiger partial charge in [0.2, 0.25) is 17.6 Å². The van der Waals surface area contributed by atoms with Crippen LogP contribution in [0.15, 0.2) is 59.1 Å². The van der Waals surface area contributed by atoms with Crippen molar-refractivity contribution in [3.63, 3.8) is 0 Å². The number of halogens is 3. The van der Waals surface area contributed by atoms with Gasteiger partial charge in [-0.15, -0.1) is 0 Å². The van der Waals surface area contributed by atoms with Crippen molar-refractivity contribution in [1.29, 1.82) is 0 Å². The maximum Gasteiger partial charge on any atom is 0.416 e. The highest BCUT2D eigenvalue weighted by Gasteiger charge is 2.29. The van der Waals surface area contributed by atoms with Crippen LogP contribution in [-0.2, 0) is 23.9 Å². The highest BCUT2D eigenvalue weighted by atomic mass is 19.4. The molecule has 1 aromatic heterocycles. The number of nitrogens with zero attached hydrogens (tertiary/aromatic N) is 2. The van der Waals surface area contributed by atoms with E-state index < -0.39 is 11.7 Å². The molecule has 2 aromatic carbocycles. The molecule has 0 bridgehead atoms. The molecule has 28 heavy (non-hydrogen) atoms. The topological polar surface area (TPSA) is 68.0 Å². The molecule has 0 aliphatic rings. The van der Waals surface area contributed by atoms with Crippen molar-refractivity contribution in [1.82, 2.24) is 15.5 Å². The largest absolute Gasteiger partial charge is 0.416 e. The van der Waals surface area contributed by atoms with Crippen molar-refractivity contribution in [3.05, 3.63) is 71.6 Å².